The van der Waals surface area contributed by atoms with Crippen LogP contribution in [-0.2, 0) is 14.3 Å². The van der Waals surface area contributed by atoms with Gasteiger partial charge in [0, 0.05) is 11.3 Å². The molecule has 1 aliphatic heterocycles. The Kier molecular flexibility index (Phi) is 7.49. The Morgan fingerprint density at radius 3 is 2.33 bits per heavy atom. The molecule has 7 nitrogen and oxygen atoms in total. The van der Waals surface area contributed by atoms with Gasteiger partial charge in [0.2, 0.25) is 0 Å². The highest BCUT2D eigenvalue weighted by Crippen LogP contribution is 2.35. The standard InChI is InChI=1S/C29H29N3O4/c1-19(2)36-27(33)18-32-26-16-10-8-14-22(26)23(21-12-5-4-6-13-21)17-25(28(32)34)31-29(35)30-24-15-9-7-11-20(24)3/h4-17,19,25H,18H2,1-3H3,(H2,30,31,35). The summed E-state index contributed by atoms with van der Waals surface area (Å²) >= 11 is 0. The molecule has 4 rings (SSSR count). The third-order valence-electron chi connectivity index (χ3n) is 5.77. The number of benzene rings is 3. The third-order valence-corrected chi connectivity index (χ3v) is 5.77. The van der Waals surface area contributed by atoms with E-state index in [1.807, 2.05) is 73.7 Å². The highest BCUT2D eigenvalue weighted by atomic mass is 16.5. The van der Waals surface area contributed by atoms with Crippen molar-refractivity contribution in [2.75, 3.05) is 16.8 Å². The smallest absolute Gasteiger partial charge is 0.326 e. The van der Waals surface area contributed by atoms with Crippen LogP contribution in [0.4, 0.5) is 16.2 Å². The number of carbonyl (C=O) groups is 3. The Labute approximate surface area is 210 Å². The Balaban J connectivity index is 1.74. The normalized spacial score (nSPS) is 15.0. The maximum absolute atomic E-state index is 13.8. The summed E-state index contributed by atoms with van der Waals surface area (Å²) in [5.74, 6) is -0.964. The summed E-state index contributed by atoms with van der Waals surface area (Å²) in [6, 6.07) is 22.9. The van der Waals surface area contributed by atoms with Crippen LogP contribution in [0.3, 0.4) is 0 Å². The summed E-state index contributed by atoms with van der Waals surface area (Å²) in [6.07, 6.45) is 1.42. The maximum Gasteiger partial charge on any atom is 0.326 e. The topological polar surface area (TPSA) is 87.7 Å². The molecule has 1 atom stereocenters. The molecule has 0 bridgehead atoms. The zero-order valence-corrected chi connectivity index (χ0v) is 20.5. The number of anilines is 2. The minimum atomic E-state index is -1.02. The fourth-order valence-corrected chi connectivity index (χ4v) is 4.13. The van der Waals surface area contributed by atoms with Crippen LogP contribution in [0.15, 0.2) is 84.9 Å². The molecule has 0 fully saturated rings. The Hall–Kier alpha value is -4.39. The van der Waals surface area contributed by atoms with Crippen LogP contribution in [0, 0.1) is 6.92 Å². The van der Waals surface area contributed by atoms with E-state index in [1.165, 1.54) is 4.90 Å². The van der Waals surface area contributed by atoms with Crippen LogP contribution in [-0.4, -0.2) is 36.6 Å². The minimum absolute atomic E-state index is 0.276. The van der Waals surface area contributed by atoms with Crippen molar-refractivity contribution in [3.63, 3.8) is 0 Å². The van der Waals surface area contributed by atoms with Crippen molar-refractivity contribution in [1.29, 1.82) is 0 Å². The van der Waals surface area contributed by atoms with Gasteiger partial charge < -0.3 is 15.4 Å². The summed E-state index contributed by atoms with van der Waals surface area (Å²) in [6.45, 7) is 5.12. The van der Waals surface area contributed by atoms with Crippen LogP contribution in [0.2, 0.25) is 0 Å². The molecule has 0 aromatic heterocycles. The predicted octanol–water partition coefficient (Wildman–Crippen LogP) is 4.92. The molecule has 184 valence electrons. The highest BCUT2D eigenvalue weighted by molar-refractivity contribution is 6.09. The number of amides is 3. The monoisotopic (exact) mass is 483 g/mol. The number of nitrogens with one attached hydrogen (secondary N) is 2. The predicted molar refractivity (Wildman–Crippen MR) is 141 cm³/mol. The van der Waals surface area contributed by atoms with Crippen LogP contribution >= 0.6 is 0 Å². The van der Waals surface area contributed by atoms with E-state index in [-0.39, 0.29) is 12.6 Å². The SMILES string of the molecule is Cc1ccccc1NC(=O)NC1C=C(c2ccccc2)c2ccccc2N(CC(=O)OC(C)C)C1=O. The van der Waals surface area contributed by atoms with E-state index in [9.17, 15) is 14.4 Å². The van der Waals surface area contributed by atoms with Crippen molar-refractivity contribution >= 4 is 34.9 Å². The fraction of sp³-hybridized carbons (Fsp3) is 0.207. The van der Waals surface area contributed by atoms with E-state index in [0.717, 1.165) is 22.3 Å². The number of hydrogen-bond donors (Lipinski definition) is 2. The molecule has 0 aliphatic carbocycles. The lowest BCUT2D eigenvalue weighted by atomic mass is 9.95. The largest absolute Gasteiger partial charge is 0.462 e. The van der Waals surface area contributed by atoms with Crippen LogP contribution in [0.5, 0.6) is 0 Å². The molecule has 1 unspecified atom stereocenters. The number of hydrogen-bond acceptors (Lipinski definition) is 4. The summed E-state index contributed by atoms with van der Waals surface area (Å²) in [5, 5.41) is 5.61. The number of carbonyl (C=O) groups excluding carboxylic acids is 3. The van der Waals surface area contributed by atoms with Gasteiger partial charge in [-0.05, 0) is 55.7 Å². The number of esters is 1. The number of ether oxygens (including phenoxy) is 1. The highest BCUT2D eigenvalue weighted by Gasteiger charge is 2.33. The summed E-state index contributed by atoms with van der Waals surface area (Å²) in [4.78, 5) is 40.8. The van der Waals surface area contributed by atoms with Gasteiger partial charge in [-0.15, -0.1) is 0 Å². The zero-order chi connectivity index (χ0) is 25.7. The van der Waals surface area contributed by atoms with Crippen molar-refractivity contribution in [2.24, 2.45) is 0 Å². The molecule has 1 aliphatic rings. The second-order valence-electron chi connectivity index (χ2n) is 8.82. The van der Waals surface area contributed by atoms with Crippen molar-refractivity contribution in [2.45, 2.75) is 32.9 Å². The molecule has 3 aromatic carbocycles. The molecule has 0 spiro atoms. The minimum Gasteiger partial charge on any atom is -0.462 e. The average molecular weight is 484 g/mol. The Bertz CT molecular complexity index is 1300. The van der Waals surface area contributed by atoms with Gasteiger partial charge in [0.05, 0.1) is 11.8 Å². The molecule has 1 heterocycles. The first-order chi connectivity index (χ1) is 17.3. The zero-order valence-electron chi connectivity index (χ0n) is 20.5. The van der Waals surface area contributed by atoms with E-state index in [0.29, 0.717) is 11.4 Å². The summed E-state index contributed by atoms with van der Waals surface area (Å²) in [5.41, 5.74) is 4.55. The van der Waals surface area contributed by atoms with E-state index in [2.05, 4.69) is 10.6 Å². The second-order valence-corrected chi connectivity index (χ2v) is 8.82. The first-order valence-electron chi connectivity index (χ1n) is 11.8. The quantitative estimate of drug-likeness (QED) is 0.488. The van der Waals surface area contributed by atoms with Crippen molar-refractivity contribution in [3.05, 3.63) is 102 Å². The van der Waals surface area contributed by atoms with E-state index in [1.54, 1.807) is 32.1 Å². The second kappa shape index (κ2) is 10.9. The molecule has 2 N–H and O–H groups in total. The lowest BCUT2D eigenvalue weighted by Crippen LogP contribution is -2.50. The van der Waals surface area contributed by atoms with Crippen molar-refractivity contribution < 1.29 is 19.1 Å². The van der Waals surface area contributed by atoms with Gasteiger partial charge in [-0.25, -0.2) is 4.79 Å². The molecule has 0 saturated heterocycles. The molecule has 3 amide bonds. The molecule has 36 heavy (non-hydrogen) atoms. The van der Waals surface area contributed by atoms with Crippen molar-refractivity contribution in [3.8, 4) is 0 Å². The number of rotatable bonds is 6. The van der Waals surface area contributed by atoms with Crippen molar-refractivity contribution in [1.82, 2.24) is 5.32 Å². The molecular weight excluding hydrogens is 454 g/mol. The number of urea groups is 1. The van der Waals surface area contributed by atoms with E-state index < -0.39 is 23.9 Å². The number of nitrogens with zero attached hydrogens (tertiary/aromatic N) is 1. The summed E-state index contributed by atoms with van der Waals surface area (Å²) < 4.78 is 5.33. The summed E-state index contributed by atoms with van der Waals surface area (Å²) in [7, 11) is 0. The van der Waals surface area contributed by atoms with E-state index >= 15 is 0 Å². The Morgan fingerprint density at radius 1 is 0.944 bits per heavy atom. The first kappa shape index (κ1) is 24.7. The van der Waals surface area contributed by atoms with Crippen LogP contribution < -0.4 is 15.5 Å². The van der Waals surface area contributed by atoms with Gasteiger partial charge in [0.1, 0.15) is 12.6 Å². The number of para-hydroxylation sites is 2. The molecule has 3 aromatic rings. The van der Waals surface area contributed by atoms with Gasteiger partial charge >= 0.3 is 12.0 Å². The van der Waals surface area contributed by atoms with Gasteiger partial charge in [0.25, 0.3) is 5.91 Å². The van der Waals surface area contributed by atoms with Gasteiger partial charge in [-0.2, -0.15) is 0 Å². The van der Waals surface area contributed by atoms with Crippen LogP contribution in [0.25, 0.3) is 5.57 Å². The lowest BCUT2D eigenvalue weighted by Gasteiger charge is -2.26. The van der Waals surface area contributed by atoms with Crippen LogP contribution in [0.1, 0.15) is 30.5 Å². The lowest BCUT2D eigenvalue weighted by molar-refractivity contribution is -0.146. The van der Waals surface area contributed by atoms with Gasteiger partial charge in [-0.3, -0.25) is 14.5 Å². The molecule has 0 radical (unpaired) electrons. The number of fused-ring (bicyclic) bond motifs is 1. The molecule has 0 saturated carbocycles. The number of aryl methyl sites for hydroxylation is 1. The molecular formula is C29H29N3O4. The van der Waals surface area contributed by atoms with Gasteiger partial charge in [0.15, 0.2) is 0 Å². The molecule has 7 heteroatoms. The van der Waals surface area contributed by atoms with Gasteiger partial charge in [-0.1, -0.05) is 66.7 Å². The third kappa shape index (κ3) is 5.63. The average Bonchev–Trinajstić information content (AvgIpc) is 2.96. The Morgan fingerprint density at radius 2 is 1.61 bits per heavy atom. The van der Waals surface area contributed by atoms with E-state index in [4.69, 9.17) is 4.74 Å². The first-order valence-corrected chi connectivity index (χ1v) is 11.8. The fourth-order valence-electron chi connectivity index (χ4n) is 4.13. The maximum atomic E-state index is 13.8.